The van der Waals surface area contributed by atoms with Crippen molar-refractivity contribution in [1.29, 1.82) is 0 Å². The molecule has 27 heavy (non-hydrogen) atoms. The molecule has 1 unspecified atom stereocenters. The number of carbonyl (C=O) groups excluding carboxylic acids is 2. The molecule has 144 valence electrons. The highest BCUT2D eigenvalue weighted by molar-refractivity contribution is 9.10. The molecule has 0 fully saturated rings. The van der Waals surface area contributed by atoms with Crippen molar-refractivity contribution >= 4 is 33.5 Å². The maximum Gasteiger partial charge on any atom is 0.441 e. The number of halogens is 4. The minimum atomic E-state index is -5.18. The molecule has 9 heteroatoms. The molecule has 0 aliphatic rings. The highest BCUT2D eigenvalue weighted by Crippen LogP contribution is 2.33. The maximum absolute atomic E-state index is 14.0. The fourth-order valence-electron chi connectivity index (χ4n) is 2.21. The molecule has 2 aromatic carbocycles. The Balaban J connectivity index is 2.48. The van der Waals surface area contributed by atoms with Crippen molar-refractivity contribution in [1.82, 2.24) is 5.32 Å². The first-order valence-electron chi connectivity index (χ1n) is 7.85. The Bertz CT molecular complexity index is 798. The number of ether oxygens (including phenoxy) is 1. The van der Waals surface area contributed by atoms with Crippen LogP contribution in [0.3, 0.4) is 0 Å². The molecule has 0 aliphatic heterocycles. The number of hydrogen-bond donors (Lipinski definition) is 2. The van der Waals surface area contributed by atoms with Gasteiger partial charge in [0.1, 0.15) is 0 Å². The largest absolute Gasteiger partial charge is 0.463 e. The molecule has 0 bridgehead atoms. The molecule has 2 aromatic rings. The summed E-state index contributed by atoms with van der Waals surface area (Å²) in [5, 5.41) is 3.87. The summed E-state index contributed by atoms with van der Waals surface area (Å²) in [6, 6.07) is 12.9. The average molecular weight is 445 g/mol. The van der Waals surface area contributed by atoms with Gasteiger partial charge in [0.05, 0.1) is 6.61 Å². The van der Waals surface area contributed by atoms with E-state index in [2.05, 4.69) is 26.0 Å². The van der Waals surface area contributed by atoms with Crippen molar-refractivity contribution in [3.05, 3.63) is 64.6 Å². The second-order valence-corrected chi connectivity index (χ2v) is 6.34. The van der Waals surface area contributed by atoms with Crippen LogP contribution in [0.25, 0.3) is 0 Å². The summed E-state index contributed by atoms with van der Waals surface area (Å²) in [6.07, 6.45) is -5.18. The minimum Gasteiger partial charge on any atom is -0.463 e. The Morgan fingerprint density at radius 2 is 1.63 bits per heavy atom. The molecule has 2 rings (SSSR count). The van der Waals surface area contributed by atoms with Crippen LogP contribution in [0.15, 0.2) is 59.1 Å². The zero-order valence-corrected chi connectivity index (χ0v) is 15.7. The van der Waals surface area contributed by atoms with E-state index in [0.717, 1.165) is 0 Å². The minimum absolute atomic E-state index is 0.0306. The molecule has 0 heterocycles. The second kappa shape index (κ2) is 8.43. The van der Waals surface area contributed by atoms with Gasteiger partial charge in [0.25, 0.3) is 5.91 Å². The van der Waals surface area contributed by atoms with Crippen molar-refractivity contribution < 1.29 is 27.5 Å². The van der Waals surface area contributed by atoms with Crippen molar-refractivity contribution in [2.24, 2.45) is 0 Å². The first-order chi connectivity index (χ1) is 12.7. The van der Waals surface area contributed by atoms with Crippen LogP contribution in [0.2, 0.25) is 0 Å². The number of alkyl halides is 3. The van der Waals surface area contributed by atoms with Gasteiger partial charge < -0.3 is 15.4 Å². The van der Waals surface area contributed by atoms with E-state index in [0.29, 0.717) is 4.47 Å². The lowest BCUT2D eigenvalue weighted by molar-refractivity contribution is -0.204. The van der Waals surface area contributed by atoms with Gasteiger partial charge in [0.15, 0.2) is 0 Å². The molecule has 2 N–H and O–H groups in total. The van der Waals surface area contributed by atoms with E-state index in [1.165, 1.54) is 55.5 Å². The van der Waals surface area contributed by atoms with Crippen LogP contribution in [-0.4, -0.2) is 30.3 Å². The average Bonchev–Trinajstić information content (AvgIpc) is 2.62. The normalized spacial score (nSPS) is 13.4. The predicted molar refractivity (Wildman–Crippen MR) is 97.1 cm³/mol. The number of hydrogen-bond acceptors (Lipinski definition) is 4. The zero-order valence-electron chi connectivity index (χ0n) is 14.1. The number of esters is 1. The Hall–Kier alpha value is -2.55. The monoisotopic (exact) mass is 444 g/mol. The van der Waals surface area contributed by atoms with Crippen LogP contribution in [0.4, 0.5) is 18.9 Å². The van der Waals surface area contributed by atoms with Gasteiger partial charge in [-0.3, -0.25) is 4.79 Å². The number of anilines is 1. The number of benzene rings is 2. The smallest absolute Gasteiger partial charge is 0.441 e. The van der Waals surface area contributed by atoms with E-state index in [1.54, 1.807) is 11.4 Å². The van der Waals surface area contributed by atoms with Crippen molar-refractivity contribution in [3.8, 4) is 0 Å². The van der Waals surface area contributed by atoms with Crippen LogP contribution in [0.1, 0.15) is 17.3 Å². The molecule has 1 amide bonds. The van der Waals surface area contributed by atoms with E-state index in [4.69, 9.17) is 0 Å². The lowest BCUT2D eigenvalue weighted by atomic mass is 10.1. The van der Waals surface area contributed by atoms with Gasteiger partial charge >= 0.3 is 17.8 Å². The standard InChI is InChI=1S/C18H16BrF3N2O3/c1-2-27-16(26)17(18(20,21)22,23-14-10-8-13(19)9-11-14)24-15(25)12-6-4-3-5-7-12/h3-11,23H,2H2,1H3,(H,24,25). The van der Waals surface area contributed by atoms with Gasteiger partial charge in [0.2, 0.25) is 0 Å². The molecule has 1 atom stereocenters. The van der Waals surface area contributed by atoms with Crippen LogP contribution < -0.4 is 10.6 Å². The Morgan fingerprint density at radius 3 is 2.15 bits per heavy atom. The van der Waals surface area contributed by atoms with Crippen molar-refractivity contribution in [3.63, 3.8) is 0 Å². The summed E-state index contributed by atoms with van der Waals surface area (Å²) in [6.45, 7) is 1.08. The summed E-state index contributed by atoms with van der Waals surface area (Å²) >= 11 is 3.18. The molecule has 0 aliphatic carbocycles. The molecule has 5 nitrogen and oxygen atoms in total. The van der Waals surface area contributed by atoms with E-state index < -0.39 is 23.7 Å². The van der Waals surface area contributed by atoms with E-state index in [-0.39, 0.29) is 17.9 Å². The van der Waals surface area contributed by atoms with Gasteiger partial charge in [0, 0.05) is 15.7 Å². The van der Waals surface area contributed by atoms with Crippen LogP contribution in [0, 0.1) is 0 Å². The van der Waals surface area contributed by atoms with Crippen LogP contribution >= 0.6 is 15.9 Å². The molecule has 0 saturated carbocycles. The first-order valence-corrected chi connectivity index (χ1v) is 8.64. The highest BCUT2D eigenvalue weighted by atomic mass is 79.9. The van der Waals surface area contributed by atoms with Gasteiger partial charge in [-0.15, -0.1) is 0 Å². The van der Waals surface area contributed by atoms with E-state index in [1.807, 2.05) is 0 Å². The first kappa shape index (κ1) is 20.8. The molecular formula is C18H16BrF3N2O3. The fraction of sp³-hybridized carbons (Fsp3) is 0.222. The van der Waals surface area contributed by atoms with Crippen molar-refractivity contribution in [2.45, 2.75) is 18.8 Å². The maximum atomic E-state index is 14.0. The SMILES string of the molecule is CCOC(=O)C(NC(=O)c1ccccc1)(Nc1ccc(Br)cc1)C(F)(F)F. The topological polar surface area (TPSA) is 67.4 Å². The van der Waals surface area contributed by atoms with Crippen LogP contribution in [-0.2, 0) is 9.53 Å². The Morgan fingerprint density at radius 1 is 1.04 bits per heavy atom. The second-order valence-electron chi connectivity index (χ2n) is 5.42. The molecule has 0 spiro atoms. The lowest BCUT2D eigenvalue weighted by Crippen LogP contribution is -2.69. The van der Waals surface area contributed by atoms with Crippen molar-refractivity contribution in [2.75, 3.05) is 11.9 Å². The van der Waals surface area contributed by atoms with Crippen LogP contribution in [0.5, 0.6) is 0 Å². The summed E-state index contributed by atoms with van der Waals surface area (Å²) in [4.78, 5) is 24.7. The quantitative estimate of drug-likeness (QED) is 0.519. The van der Waals surface area contributed by atoms with Gasteiger partial charge in [-0.25, -0.2) is 4.79 Å². The lowest BCUT2D eigenvalue weighted by Gasteiger charge is -2.35. The third-order valence-corrected chi connectivity index (χ3v) is 4.05. The van der Waals surface area contributed by atoms with Gasteiger partial charge in [-0.1, -0.05) is 34.1 Å². The molecule has 0 radical (unpaired) electrons. The Labute approximate surface area is 162 Å². The summed E-state index contributed by atoms with van der Waals surface area (Å²) in [7, 11) is 0. The zero-order chi connectivity index (χ0) is 20.1. The number of nitrogens with one attached hydrogen (secondary N) is 2. The fourth-order valence-corrected chi connectivity index (χ4v) is 2.48. The predicted octanol–water partition coefficient (Wildman–Crippen LogP) is 4.11. The number of rotatable bonds is 6. The molecule has 0 saturated heterocycles. The molecular weight excluding hydrogens is 429 g/mol. The Kier molecular flexibility index (Phi) is 6.48. The highest BCUT2D eigenvalue weighted by Gasteiger charge is 2.63. The third kappa shape index (κ3) is 4.79. The van der Waals surface area contributed by atoms with E-state index in [9.17, 15) is 22.8 Å². The summed E-state index contributed by atoms with van der Waals surface area (Å²) in [5.74, 6) is -2.74. The van der Waals surface area contributed by atoms with E-state index >= 15 is 0 Å². The third-order valence-electron chi connectivity index (χ3n) is 3.52. The number of carbonyl (C=O) groups is 2. The summed E-state index contributed by atoms with van der Waals surface area (Å²) in [5.41, 5.74) is -3.52. The number of amides is 1. The van der Waals surface area contributed by atoms with Gasteiger partial charge in [-0.2, -0.15) is 13.2 Å². The summed E-state index contributed by atoms with van der Waals surface area (Å²) < 4.78 is 47.3. The van der Waals surface area contributed by atoms with Gasteiger partial charge in [-0.05, 0) is 43.3 Å². The molecule has 0 aromatic heterocycles.